The zero-order valence-electron chi connectivity index (χ0n) is 32.0. The third kappa shape index (κ3) is 6.43. The van der Waals surface area contributed by atoms with Crippen LogP contribution in [0.5, 0.6) is 0 Å². The van der Waals surface area contributed by atoms with Gasteiger partial charge < -0.3 is 13.7 Å². The van der Waals surface area contributed by atoms with Gasteiger partial charge in [-0.05, 0) is 99.6 Å². The van der Waals surface area contributed by atoms with Crippen LogP contribution in [-0.4, -0.2) is 4.98 Å². The van der Waals surface area contributed by atoms with Crippen molar-refractivity contribution in [2.24, 2.45) is 0 Å². The van der Waals surface area contributed by atoms with Gasteiger partial charge in [-0.3, -0.25) is 0 Å². The van der Waals surface area contributed by atoms with E-state index < -0.39 is 0 Å². The molecule has 11 rings (SSSR count). The molecule has 0 saturated heterocycles. The van der Waals surface area contributed by atoms with Gasteiger partial charge in [-0.15, -0.1) is 0 Å². The molecule has 0 spiro atoms. The van der Waals surface area contributed by atoms with Crippen molar-refractivity contribution in [1.29, 1.82) is 0 Å². The van der Waals surface area contributed by atoms with E-state index in [4.69, 9.17) is 13.8 Å². The Hall–Kier alpha value is -7.95. The van der Waals surface area contributed by atoms with Crippen LogP contribution in [0, 0.1) is 0 Å². The smallest absolute Gasteiger partial charge is 0.227 e. The van der Waals surface area contributed by atoms with E-state index >= 15 is 0 Å². The van der Waals surface area contributed by atoms with E-state index in [1.165, 1.54) is 27.8 Å². The Bertz CT molecular complexity index is 3220. The summed E-state index contributed by atoms with van der Waals surface area (Å²) in [6, 6.07) is 76.7. The molecule has 0 bridgehead atoms. The molecule has 2 aromatic heterocycles. The molecule has 59 heavy (non-hydrogen) atoms. The summed E-state index contributed by atoms with van der Waals surface area (Å²) >= 11 is 0. The fourth-order valence-corrected chi connectivity index (χ4v) is 8.13. The predicted molar refractivity (Wildman–Crippen MR) is 243 cm³/mol. The van der Waals surface area contributed by atoms with Gasteiger partial charge in [-0.1, -0.05) is 152 Å². The lowest BCUT2D eigenvalue weighted by atomic mass is 9.99. The van der Waals surface area contributed by atoms with Gasteiger partial charge in [0, 0.05) is 39.3 Å². The number of fused-ring (bicyclic) bond motifs is 4. The van der Waals surface area contributed by atoms with Crippen molar-refractivity contribution in [2.75, 3.05) is 4.90 Å². The molecule has 0 radical (unpaired) electrons. The maximum Gasteiger partial charge on any atom is 0.227 e. The molecule has 278 valence electrons. The Morgan fingerprint density at radius 3 is 1.42 bits per heavy atom. The van der Waals surface area contributed by atoms with E-state index in [1.807, 2.05) is 36.4 Å². The number of benzene rings is 9. The van der Waals surface area contributed by atoms with Crippen LogP contribution in [0.2, 0.25) is 0 Å². The van der Waals surface area contributed by atoms with Crippen LogP contribution in [0.1, 0.15) is 0 Å². The lowest BCUT2D eigenvalue weighted by molar-refractivity contribution is 0.617. The Morgan fingerprint density at radius 2 is 0.797 bits per heavy atom. The average Bonchev–Trinajstić information content (AvgIpc) is 3.90. The molecule has 9 aromatic carbocycles. The second-order valence-electron chi connectivity index (χ2n) is 14.8. The highest BCUT2D eigenvalue weighted by Crippen LogP contribution is 2.42. The van der Waals surface area contributed by atoms with Crippen molar-refractivity contribution in [3.05, 3.63) is 218 Å². The van der Waals surface area contributed by atoms with E-state index in [0.29, 0.717) is 11.5 Å². The van der Waals surface area contributed by atoms with E-state index in [2.05, 4.69) is 187 Å². The molecule has 0 saturated carbocycles. The van der Waals surface area contributed by atoms with E-state index in [9.17, 15) is 0 Å². The van der Waals surface area contributed by atoms with Crippen molar-refractivity contribution in [3.8, 4) is 56.0 Å². The first-order chi connectivity index (χ1) is 29.2. The number of aromatic nitrogens is 1. The van der Waals surface area contributed by atoms with Crippen LogP contribution in [0.25, 0.3) is 89.0 Å². The summed E-state index contributed by atoms with van der Waals surface area (Å²) in [4.78, 5) is 7.18. The zero-order valence-corrected chi connectivity index (χ0v) is 32.0. The van der Waals surface area contributed by atoms with Crippen molar-refractivity contribution in [2.45, 2.75) is 0 Å². The minimum atomic E-state index is 0.601. The molecule has 0 amide bonds. The average molecular weight is 757 g/mol. The number of anilines is 3. The molecule has 4 heteroatoms. The summed E-state index contributed by atoms with van der Waals surface area (Å²) in [5.41, 5.74) is 16.6. The number of oxazole rings is 1. The predicted octanol–water partition coefficient (Wildman–Crippen LogP) is 15.5. The molecule has 4 nitrogen and oxygen atoms in total. The van der Waals surface area contributed by atoms with E-state index in [-0.39, 0.29) is 0 Å². The van der Waals surface area contributed by atoms with Gasteiger partial charge in [-0.2, -0.15) is 0 Å². The molecule has 11 aromatic rings. The maximum absolute atomic E-state index is 6.33. The third-order valence-corrected chi connectivity index (χ3v) is 11.1. The first kappa shape index (κ1) is 34.3. The molecular formula is C55H36N2O2. The Balaban J connectivity index is 0.952. The lowest BCUT2D eigenvalue weighted by Crippen LogP contribution is -2.11. The third-order valence-electron chi connectivity index (χ3n) is 11.1. The largest absolute Gasteiger partial charge is 0.456 e. The van der Waals surface area contributed by atoms with Gasteiger partial charge in [0.2, 0.25) is 5.89 Å². The van der Waals surface area contributed by atoms with Crippen molar-refractivity contribution < 1.29 is 8.83 Å². The monoisotopic (exact) mass is 756 g/mol. The topological polar surface area (TPSA) is 42.4 Å². The summed E-state index contributed by atoms with van der Waals surface area (Å²) in [5.74, 6) is 0.601. The number of para-hydroxylation sites is 1. The number of hydrogen-bond acceptors (Lipinski definition) is 4. The van der Waals surface area contributed by atoms with Crippen LogP contribution in [-0.2, 0) is 0 Å². The van der Waals surface area contributed by atoms with Crippen molar-refractivity contribution in [3.63, 3.8) is 0 Å². The molecule has 0 N–H and O–H groups in total. The highest BCUT2D eigenvalue weighted by atomic mass is 16.4. The van der Waals surface area contributed by atoms with Gasteiger partial charge >= 0.3 is 0 Å². The number of hydrogen-bond donors (Lipinski definition) is 0. The van der Waals surface area contributed by atoms with Crippen LogP contribution < -0.4 is 4.90 Å². The standard InChI is InChI=1S/C55H36N2O2/c1-4-12-37(13-5-1)38-20-22-39(23-21-38)40-24-29-45(30-25-40)57(51-19-11-10-18-47(51)42-14-6-2-7-15-42)46-31-26-41(27-32-46)44-28-33-52-48(34-44)49-35-50-54(36-53(49)58-52)59-55(56-50)43-16-8-3-9-17-43/h1-36H. The van der Waals surface area contributed by atoms with E-state index in [0.717, 1.165) is 66.8 Å². The first-order valence-corrected chi connectivity index (χ1v) is 19.9. The molecule has 2 heterocycles. The second-order valence-corrected chi connectivity index (χ2v) is 14.8. The number of furan rings is 1. The minimum Gasteiger partial charge on any atom is -0.456 e. The summed E-state index contributed by atoms with van der Waals surface area (Å²) in [6.45, 7) is 0. The Kier molecular flexibility index (Phi) is 8.45. The molecule has 0 aliphatic rings. The van der Waals surface area contributed by atoms with E-state index in [1.54, 1.807) is 0 Å². The summed E-state index contributed by atoms with van der Waals surface area (Å²) in [7, 11) is 0. The Labute approximate surface area is 341 Å². The summed E-state index contributed by atoms with van der Waals surface area (Å²) in [6.07, 6.45) is 0. The van der Waals surface area contributed by atoms with Crippen LogP contribution in [0.3, 0.4) is 0 Å². The first-order valence-electron chi connectivity index (χ1n) is 19.9. The number of rotatable bonds is 8. The maximum atomic E-state index is 6.33. The second kappa shape index (κ2) is 14.5. The molecule has 0 fully saturated rings. The SMILES string of the molecule is c1ccc(-c2ccc(-c3ccc(N(c4ccc(-c5ccc6oc7cc8oc(-c9ccccc9)nc8cc7c6c5)cc4)c4ccccc4-c4ccccc4)cc3)cc2)cc1. The zero-order chi connectivity index (χ0) is 39.1. The van der Waals surface area contributed by atoms with Gasteiger partial charge in [-0.25, -0.2) is 4.98 Å². The van der Waals surface area contributed by atoms with Gasteiger partial charge in [0.05, 0.1) is 5.69 Å². The van der Waals surface area contributed by atoms with Gasteiger partial charge in [0.15, 0.2) is 5.58 Å². The molecular weight excluding hydrogens is 721 g/mol. The normalized spacial score (nSPS) is 11.4. The van der Waals surface area contributed by atoms with Crippen molar-refractivity contribution in [1.82, 2.24) is 4.98 Å². The fraction of sp³-hybridized carbons (Fsp3) is 0. The van der Waals surface area contributed by atoms with Crippen LogP contribution in [0.4, 0.5) is 17.1 Å². The van der Waals surface area contributed by atoms with Gasteiger partial charge in [0.25, 0.3) is 0 Å². The van der Waals surface area contributed by atoms with Crippen molar-refractivity contribution >= 4 is 50.1 Å². The highest BCUT2D eigenvalue weighted by Gasteiger charge is 2.19. The fourth-order valence-electron chi connectivity index (χ4n) is 8.13. The van der Waals surface area contributed by atoms with Gasteiger partial charge in [0.1, 0.15) is 16.7 Å². The Morgan fingerprint density at radius 1 is 0.322 bits per heavy atom. The molecule has 0 aliphatic heterocycles. The molecule has 0 atom stereocenters. The lowest BCUT2D eigenvalue weighted by Gasteiger charge is -2.28. The summed E-state index contributed by atoms with van der Waals surface area (Å²) < 4.78 is 12.5. The number of nitrogens with zero attached hydrogens (tertiary/aromatic N) is 2. The highest BCUT2D eigenvalue weighted by molar-refractivity contribution is 6.10. The van der Waals surface area contributed by atoms with Crippen LogP contribution in [0.15, 0.2) is 227 Å². The summed E-state index contributed by atoms with van der Waals surface area (Å²) in [5, 5.41) is 2.05. The minimum absolute atomic E-state index is 0.601. The quantitative estimate of drug-likeness (QED) is 0.155. The molecule has 0 aliphatic carbocycles. The van der Waals surface area contributed by atoms with Crippen LogP contribution >= 0.6 is 0 Å². The molecule has 0 unspecified atom stereocenters.